The number of aryl methyl sites for hydroxylation is 1. The highest BCUT2D eigenvalue weighted by molar-refractivity contribution is 5.53. The van der Waals surface area contributed by atoms with Crippen molar-refractivity contribution in [2.45, 2.75) is 26.4 Å². The molecule has 5 nitrogen and oxygen atoms in total. The average Bonchev–Trinajstić information content (AvgIpc) is 2.44. The Morgan fingerprint density at radius 3 is 2.27 bits per heavy atom. The van der Waals surface area contributed by atoms with Gasteiger partial charge in [0.05, 0.1) is 0 Å². The number of aromatic hydroxyl groups is 4. The van der Waals surface area contributed by atoms with E-state index in [0.29, 0.717) is 11.3 Å². The molecule has 22 heavy (non-hydrogen) atoms. The summed E-state index contributed by atoms with van der Waals surface area (Å²) < 4.78 is 5.98. The lowest BCUT2D eigenvalue weighted by molar-refractivity contribution is 0.122. The van der Waals surface area contributed by atoms with Crippen LogP contribution in [0.15, 0.2) is 24.3 Å². The van der Waals surface area contributed by atoms with Gasteiger partial charge >= 0.3 is 0 Å². The second-order valence-corrected chi connectivity index (χ2v) is 5.87. The van der Waals surface area contributed by atoms with Crippen LogP contribution in [0.25, 0.3) is 0 Å². The van der Waals surface area contributed by atoms with Crippen LogP contribution in [0.1, 0.15) is 29.7 Å². The first-order chi connectivity index (χ1) is 10.4. The zero-order valence-electron chi connectivity index (χ0n) is 12.4. The highest BCUT2D eigenvalue weighted by atomic mass is 16.5. The summed E-state index contributed by atoms with van der Waals surface area (Å²) in [5, 5.41) is 38.5. The Hall–Kier alpha value is -2.56. The molecule has 4 N–H and O–H groups in total. The molecule has 2 atom stereocenters. The van der Waals surface area contributed by atoms with Gasteiger partial charge in [0.15, 0.2) is 17.2 Å². The van der Waals surface area contributed by atoms with Crippen LogP contribution in [-0.2, 0) is 6.42 Å². The zero-order chi connectivity index (χ0) is 16.0. The summed E-state index contributed by atoms with van der Waals surface area (Å²) in [6, 6.07) is 6.04. The van der Waals surface area contributed by atoms with E-state index in [9.17, 15) is 20.4 Å². The predicted molar refractivity (Wildman–Crippen MR) is 80.5 cm³/mol. The number of phenols is 4. The first-order valence-corrected chi connectivity index (χ1v) is 7.10. The van der Waals surface area contributed by atoms with Crippen molar-refractivity contribution >= 4 is 0 Å². The summed E-state index contributed by atoms with van der Waals surface area (Å²) in [4.78, 5) is 0. The summed E-state index contributed by atoms with van der Waals surface area (Å²) in [7, 11) is 0. The number of ether oxygens (including phenoxy) is 1. The Balaban J connectivity index is 2.03. The Morgan fingerprint density at radius 1 is 1.00 bits per heavy atom. The summed E-state index contributed by atoms with van der Waals surface area (Å²) in [6.45, 7) is 3.94. The van der Waals surface area contributed by atoms with Crippen LogP contribution in [0, 0.1) is 12.8 Å². The van der Waals surface area contributed by atoms with Gasteiger partial charge in [-0.05, 0) is 42.7 Å². The first kappa shape index (κ1) is 14.4. The number of hydrogen-bond donors (Lipinski definition) is 4. The third-order valence-electron chi connectivity index (χ3n) is 4.13. The molecular formula is C17H18O5. The van der Waals surface area contributed by atoms with Gasteiger partial charge in [0.25, 0.3) is 0 Å². The van der Waals surface area contributed by atoms with E-state index in [4.69, 9.17) is 4.74 Å². The van der Waals surface area contributed by atoms with Crippen LogP contribution in [0.2, 0.25) is 0 Å². The maximum atomic E-state index is 9.72. The van der Waals surface area contributed by atoms with E-state index >= 15 is 0 Å². The molecular weight excluding hydrogens is 284 g/mol. The molecule has 0 bridgehead atoms. The highest BCUT2D eigenvalue weighted by Gasteiger charge is 2.30. The lowest BCUT2D eigenvalue weighted by Gasteiger charge is -2.33. The number of benzene rings is 2. The Kier molecular flexibility index (Phi) is 3.28. The molecule has 116 valence electrons. The molecule has 0 amide bonds. The van der Waals surface area contributed by atoms with Crippen molar-refractivity contribution in [1.29, 1.82) is 0 Å². The Morgan fingerprint density at radius 2 is 1.64 bits per heavy atom. The second kappa shape index (κ2) is 5.02. The van der Waals surface area contributed by atoms with Gasteiger partial charge in [-0.3, -0.25) is 0 Å². The zero-order valence-corrected chi connectivity index (χ0v) is 12.4. The van der Waals surface area contributed by atoms with Crippen LogP contribution in [-0.4, -0.2) is 20.4 Å². The molecule has 0 saturated carbocycles. The third kappa shape index (κ3) is 2.28. The average molecular weight is 302 g/mol. The summed E-state index contributed by atoms with van der Waals surface area (Å²) in [5.74, 6) is -0.457. The van der Waals surface area contributed by atoms with Crippen LogP contribution in [0.4, 0.5) is 0 Å². The van der Waals surface area contributed by atoms with Crippen LogP contribution < -0.4 is 4.74 Å². The van der Waals surface area contributed by atoms with Crippen LogP contribution >= 0.6 is 0 Å². The molecule has 1 heterocycles. The molecule has 1 aliphatic heterocycles. The summed E-state index contributed by atoms with van der Waals surface area (Å²) in [5.41, 5.74) is 2.59. The molecule has 0 unspecified atom stereocenters. The highest BCUT2D eigenvalue weighted by Crippen LogP contribution is 2.45. The molecule has 0 radical (unpaired) electrons. The van der Waals surface area contributed by atoms with Crippen molar-refractivity contribution in [3.8, 4) is 28.7 Å². The van der Waals surface area contributed by atoms with Gasteiger partial charge in [0.2, 0.25) is 0 Å². The second-order valence-electron chi connectivity index (χ2n) is 5.87. The van der Waals surface area contributed by atoms with E-state index < -0.39 is 5.75 Å². The third-order valence-corrected chi connectivity index (χ3v) is 4.13. The van der Waals surface area contributed by atoms with Crippen LogP contribution in [0.3, 0.4) is 0 Å². The minimum absolute atomic E-state index is 0.110. The Labute approximate surface area is 128 Å². The smallest absolute Gasteiger partial charge is 0.200 e. The molecule has 0 aromatic heterocycles. The van der Waals surface area contributed by atoms with Crippen molar-refractivity contribution in [3.63, 3.8) is 0 Å². The van der Waals surface area contributed by atoms with E-state index in [1.807, 2.05) is 13.8 Å². The monoisotopic (exact) mass is 302 g/mol. The number of phenolic OH excluding ortho intramolecular Hbond substituents is 4. The van der Waals surface area contributed by atoms with E-state index in [1.54, 1.807) is 12.1 Å². The standard InChI is InChI=1S/C17H18O5/c1-8-3-11(18)7-15-12(8)4-9(2)17(22-15)10-5-13(19)16(21)14(20)6-10/h3,5-7,9,17-21H,4H2,1-2H3/t9-,17+/m1/s1. The largest absolute Gasteiger partial charge is 0.508 e. The van der Waals surface area contributed by atoms with E-state index in [1.165, 1.54) is 12.1 Å². The quantitative estimate of drug-likeness (QED) is 0.608. The number of hydrogen-bond acceptors (Lipinski definition) is 5. The lowest BCUT2D eigenvalue weighted by atomic mass is 9.86. The molecule has 5 heteroatoms. The summed E-state index contributed by atoms with van der Waals surface area (Å²) >= 11 is 0. The molecule has 3 rings (SSSR count). The Bertz CT molecular complexity index is 715. The fraction of sp³-hybridized carbons (Fsp3) is 0.294. The van der Waals surface area contributed by atoms with Gasteiger partial charge in [-0.15, -0.1) is 0 Å². The van der Waals surface area contributed by atoms with Gasteiger partial charge in [0.1, 0.15) is 17.6 Å². The molecule has 0 fully saturated rings. The van der Waals surface area contributed by atoms with Crippen molar-refractivity contribution in [2.75, 3.05) is 0 Å². The number of rotatable bonds is 1. The van der Waals surface area contributed by atoms with Crippen molar-refractivity contribution < 1.29 is 25.2 Å². The molecule has 2 aromatic carbocycles. The fourth-order valence-electron chi connectivity index (χ4n) is 3.00. The molecule has 0 spiro atoms. The first-order valence-electron chi connectivity index (χ1n) is 7.10. The maximum Gasteiger partial charge on any atom is 0.200 e. The van der Waals surface area contributed by atoms with E-state index in [-0.39, 0.29) is 29.3 Å². The van der Waals surface area contributed by atoms with E-state index in [0.717, 1.165) is 17.5 Å². The minimum Gasteiger partial charge on any atom is -0.508 e. The lowest BCUT2D eigenvalue weighted by Crippen LogP contribution is -2.24. The molecule has 0 aliphatic carbocycles. The van der Waals surface area contributed by atoms with Gasteiger partial charge in [-0.25, -0.2) is 0 Å². The molecule has 0 saturated heterocycles. The maximum absolute atomic E-state index is 9.72. The molecule has 1 aliphatic rings. The van der Waals surface area contributed by atoms with Crippen LogP contribution in [0.5, 0.6) is 28.7 Å². The molecule has 2 aromatic rings. The van der Waals surface area contributed by atoms with Gasteiger partial charge in [0, 0.05) is 17.5 Å². The van der Waals surface area contributed by atoms with Gasteiger partial charge in [-0.2, -0.15) is 0 Å². The SMILES string of the molecule is Cc1cc(O)cc2c1C[C@@H](C)[C@@H](c1cc(O)c(O)c(O)c1)O2. The summed E-state index contributed by atoms with van der Waals surface area (Å²) in [6.07, 6.45) is 0.375. The predicted octanol–water partition coefficient (Wildman–Crippen LogP) is 3.13. The van der Waals surface area contributed by atoms with Crippen molar-refractivity contribution in [3.05, 3.63) is 41.0 Å². The van der Waals surface area contributed by atoms with Gasteiger partial charge < -0.3 is 25.2 Å². The van der Waals surface area contributed by atoms with Crippen molar-refractivity contribution in [2.24, 2.45) is 5.92 Å². The minimum atomic E-state index is -0.541. The van der Waals surface area contributed by atoms with E-state index in [2.05, 4.69) is 0 Å². The topological polar surface area (TPSA) is 90.2 Å². The normalized spacial score (nSPS) is 20.3. The van der Waals surface area contributed by atoms with Crippen molar-refractivity contribution in [1.82, 2.24) is 0 Å². The number of fused-ring (bicyclic) bond motifs is 1. The fourth-order valence-corrected chi connectivity index (χ4v) is 3.00. The van der Waals surface area contributed by atoms with Gasteiger partial charge in [-0.1, -0.05) is 6.92 Å².